The van der Waals surface area contributed by atoms with Gasteiger partial charge in [-0.1, -0.05) is 6.08 Å². The quantitative estimate of drug-likeness (QED) is 0.772. The van der Waals surface area contributed by atoms with E-state index < -0.39 is 11.2 Å². The van der Waals surface area contributed by atoms with Gasteiger partial charge < -0.3 is 14.7 Å². The third-order valence-electron chi connectivity index (χ3n) is 3.18. The van der Waals surface area contributed by atoms with Crippen LogP contribution in [0.1, 0.15) is 47.0 Å². The minimum Gasteiger partial charge on any atom is -0.444 e. The highest BCUT2D eigenvalue weighted by atomic mass is 16.6. The summed E-state index contributed by atoms with van der Waals surface area (Å²) in [6.45, 7) is 11.7. The predicted octanol–water partition coefficient (Wildman–Crippen LogP) is 2.71. The highest BCUT2D eigenvalue weighted by molar-refractivity contribution is 5.68. The standard InChI is InChI=1S/C14H25NO3/c1-6-7-14(17)8-9-15(11(2)10-14)12(16)18-13(3,4)5/h6,11,17H,1,7-10H2,2-5H3/t11?,14-/m0/s1. The Morgan fingerprint density at radius 2 is 2.22 bits per heavy atom. The molecule has 1 heterocycles. The number of hydrogen-bond donors (Lipinski definition) is 1. The van der Waals surface area contributed by atoms with Crippen LogP contribution in [0.5, 0.6) is 0 Å². The molecular weight excluding hydrogens is 230 g/mol. The Balaban J connectivity index is 2.62. The van der Waals surface area contributed by atoms with Crippen LogP contribution in [-0.4, -0.2) is 39.9 Å². The molecule has 0 saturated carbocycles. The van der Waals surface area contributed by atoms with Crippen molar-refractivity contribution in [2.75, 3.05) is 6.54 Å². The van der Waals surface area contributed by atoms with Crippen LogP contribution in [0.4, 0.5) is 4.79 Å². The summed E-state index contributed by atoms with van der Waals surface area (Å²) in [6.07, 6.45) is 3.15. The molecule has 1 fully saturated rings. The van der Waals surface area contributed by atoms with Crippen molar-refractivity contribution in [2.45, 2.75) is 64.2 Å². The minimum absolute atomic E-state index is 0.0152. The molecule has 0 bridgehead atoms. The third-order valence-corrected chi connectivity index (χ3v) is 3.18. The van der Waals surface area contributed by atoms with Crippen LogP contribution in [0.25, 0.3) is 0 Å². The van der Waals surface area contributed by atoms with E-state index in [1.807, 2.05) is 27.7 Å². The highest BCUT2D eigenvalue weighted by Crippen LogP contribution is 2.30. The molecule has 0 aliphatic carbocycles. The maximum atomic E-state index is 12.0. The summed E-state index contributed by atoms with van der Waals surface area (Å²) in [7, 11) is 0. The zero-order chi connectivity index (χ0) is 14.0. The summed E-state index contributed by atoms with van der Waals surface area (Å²) in [5, 5.41) is 10.3. The Morgan fingerprint density at radius 3 is 2.67 bits per heavy atom. The van der Waals surface area contributed by atoms with Crippen LogP contribution in [0.15, 0.2) is 12.7 Å². The van der Waals surface area contributed by atoms with E-state index in [4.69, 9.17) is 4.74 Å². The average Bonchev–Trinajstić information content (AvgIpc) is 2.13. The van der Waals surface area contributed by atoms with Gasteiger partial charge in [-0.3, -0.25) is 0 Å². The van der Waals surface area contributed by atoms with E-state index in [9.17, 15) is 9.90 Å². The topological polar surface area (TPSA) is 49.8 Å². The fourth-order valence-electron chi connectivity index (χ4n) is 2.36. The molecule has 1 N–H and O–H groups in total. The molecular formula is C14H25NO3. The summed E-state index contributed by atoms with van der Waals surface area (Å²) in [6, 6.07) is -0.0152. The Hall–Kier alpha value is -1.03. The number of ether oxygens (including phenoxy) is 1. The van der Waals surface area contributed by atoms with Gasteiger partial charge in [0.15, 0.2) is 0 Å². The second-order valence-corrected chi connectivity index (χ2v) is 6.19. The van der Waals surface area contributed by atoms with E-state index in [1.54, 1.807) is 11.0 Å². The highest BCUT2D eigenvalue weighted by Gasteiger charge is 2.38. The molecule has 1 unspecified atom stereocenters. The summed E-state index contributed by atoms with van der Waals surface area (Å²) >= 11 is 0. The molecule has 0 aromatic heterocycles. The van der Waals surface area contributed by atoms with E-state index in [-0.39, 0.29) is 12.1 Å². The second-order valence-electron chi connectivity index (χ2n) is 6.19. The van der Waals surface area contributed by atoms with Gasteiger partial charge in [-0.2, -0.15) is 0 Å². The molecule has 0 radical (unpaired) electrons. The first-order valence-corrected chi connectivity index (χ1v) is 6.50. The molecule has 2 atom stereocenters. The maximum Gasteiger partial charge on any atom is 0.410 e. The largest absolute Gasteiger partial charge is 0.444 e. The molecule has 0 aromatic carbocycles. The van der Waals surface area contributed by atoms with Crippen LogP contribution in [0.3, 0.4) is 0 Å². The first kappa shape index (κ1) is 15.0. The zero-order valence-corrected chi connectivity index (χ0v) is 11.9. The Bertz CT molecular complexity index is 321. The molecule has 18 heavy (non-hydrogen) atoms. The number of likely N-dealkylation sites (tertiary alicyclic amines) is 1. The van der Waals surface area contributed by atoms with Crippen molar-refractivity contribution >= 4 is 6.09 Å². The van der Waals surface area contributed by atoms with Gasteiger partial charge in [0, 0.05) is 12.6 Å². The fraction of sp³-hybridized carbons (Fsp3) is 0.786. The number of carbonyl (C=O) groups is 1. The first-order valence-electron chi connectivity index (χ1n) is 6.50. The van der Waals surface area contributed by atoms with E-state index in [2.05, 4.69) is 6.58 Å². The molecule has 1 aliphatic rings. The molecule has 1 saturated heterocycles. The molecule has 0 spiro atoms. The van der Waals surface area contributed by atoms with Crippen LogP contribution >= 0.6 is 0 Å². The number of amides is 1. The molecule has 1 amide bonds. The lowest BCUT2D eigenvalue weighted by molar-refractivity contribution is -0.0488. The number of piperidine rings is 1. The molecule has 1 aliphatic heterocycles. The van der Waals surface area contributed by atoms with Crippen LogP contribution in [-0.2, 0) is 4.74 Å². The minimum atomic E-state index is -0.723. The summed E-state index contributed by atoms with van der Waals surface area (Å²) in [5.41, 5.74) is -1.20. The zero-order valence-electron chi connectivity index (χ0n) is 11.9. The van der Waals surface area contributed by atoms with Gasteiger partial charge in [0.1, 0.15) is 5.60 Å². The second kappa shape index (κ2) is 5.31. The van der Waals surface area contributed by atoms with Gasteiger partial charge in [-0.15, -0.1) is 6.58 Å². The van der Waals surface area contributed by atoms with E-state index in [1.165, 1.54) is 0 Å². The van der Waals surface area contributed by atoms with Gasteiger partial charge in [0.25, 0.3) is 0 Å². The number of aliphatic hydroxyl groups is 1. The molecule has 4 nitrogen and oxygen atoms in total. The lowest BCUT2D eigenvalue weighted by Crippen LogP contribution is -2.52. The number of hydrogen-bond acceptors (Lipinski definition) is 3. The average molecular weight is 255 g/mol. The SMILES string of the molecule is C=CC[C@]1(O)CCN(C(=O)OC(C)(C)C)C(C)C1. The first-order chi connectivity index (χ1) is 8.17. The van der Waals surface area contributed by atoms with E-state index in [0.29, 0.717) is 25.8 Å². The predicted molar refractivity (Wildman–Crippen MR) is 71.4 cm³/mol. The number of carbonyl (C=O) groups excluding carboxylic acids is 1. The molecule has 104 valence electrons. The summed E-state index contributed by atoms with van der Waals surface area (Å²) < 4.78 is 5.36. The lowest BCUT2D eigenvalue weighted by atomic mass is 9.84. The van der Waals surface area contributed by atoms with Crippen molar-refractivity contribution in [3.63, 3.8) is 0 Å². The lowest BCUT2D eigenvalue weighted by Gasteiger charge is -2.42. The van der Waals surface area contributed by atoms with Crippen molar-refractivity contribution in [2.24, 2.45) is 0 Å². The van der Waals surface area contributed by atoms with Crippen molar-refractivity contribution < 1.29 is 14.6 Å². The molecule has 4 heteroatoms. The Kier molecular flexibility index (Phi) is 4.43. The van der Waals surface area contributed by atoms with Crippen molar-refractivity contribution in [1.82, 2.24) is 4.90 Å². The summed E-state index contributed by atoms with van der Waals surface area (Å²) in [5.74, 6) is 0. The molecule has 0 aromatic rings. The summed E-state index contributed by atoms with van der Waals surface area (Å²) in [4.78, 5) is 13.7. The van der Waals surface area contributed by atoms with Crippen LogP contribution in [0, 0.1) is 0 Å². The number of nitrogens with zero attached hydrogens (tertiary/aromatic N) is 1. The van der Waals surface area contributed by atoms with Gasteiger partial charge in [0.2, 0.25) is 0 Å². The third kappa shape index (κ3) is 4.02. The van der Waals surface area contributed by atoms with Gasteiger partial charge in [-0.25, -0.2) is 4.79 Å². The normalized spacial score (nSPS) is 28.9. The van der Waals surface area contributed by atoms with Gasteiger partial charge in [-0.05, 0) is 47.0 Å². The van der Waals surface area contributed by atoms with Crippen LogP contribution in [0.2, 0.25) is 0 Å². The van der Waals surface area contributed by atoms with Crippen molar-refractivity contribution in [1.29, 1.82) is 0 Å². The van der Waals surface area contributed by atoms with Crippen molar-refractivity contribution in [3.8, 4) is 0 Å². The monoisotopic (exact) mass is 255 g/mol. The molecule has 1 rings (SSSR count). The van der Waals surface area contributed by atoms with E-state index >= 15 is 0 Å². The van der Waals surface area contributed by atoms with Crippen LogP contribution < -0.4 is 0 Å². The van der Waals surface area contributed by atoms with E-state index in [0.717, 1.165) is 0 Å². The van der Waals surface area contributed by atoms with Gasteiger partial charge in [0.05, 0.1) is 5.60 Å². The Morgan fingerprint density at radius 1 is 1.61 bits per heavy atom. The smallest absolute Gasteiger partial charge is 0.410 e. The number of rotatable bonds is 2. The van der Waals surface area contributed by atoms with Gasteiger partial charge >= 0.3 is 6.09 Å². The van der Waals surface area contributed by atoms with Crippen molar-refractivity contribution in [3.05, 3.63) is 12.7 Å². The fourth-order valence-corrected chi connectivity index (χ4v) is 2.36. The maximum absolute atomic E-state index is 12.0. The Labute approximate surface area is 110 Å².